The number of aryl methyl sites for hydroxylation is 1. The number of hydrogen-bond donors (Lipinski definition) is 1. The van der Waals surface area contributed by atoms with Crippen molar-refractivity contribution < 1.29 is 0 Å². The SMILES string of the molecule is CCc1ccc(C(NC)c2c(Br)cnn2C(C)C)s1. The molecule has 1 unspecified atom stereocenters. The number of halogens is 1. The Hall–Kier alpha value is -0.650. The summed E-state index contributed by atoms with van der Waals surface area (Å²) in [5, 5.41) is 7.88. The number of nitrogens with one attached hydrogen (secondary N) is 1. The van der Waals surface area contributed by atoms with Crippen molar-refractivity contribution >= 4 is 27.3 Å². The molecular formula is C14H20BrN3S. The van der Waals surface area contributed by atoms with Crippen molar-refractivity contribution in [2.75, 3.05) is 7.05 Å². The van der Waals surface area contributed by atoms with Gasteiger partial charge in [-0.05, 0) is 55.4 Å². The Labute approximate surface area is 127 Å². The first-order valence-electron chi connectivity index (χ1n) is 6.57. The minimum Gasteiger partial charge on any atom is -0.307 e. The van der Waals surface area contributed by atoms with E-state index in [-0.39, 0.29) is 6.04 Å². The Bertz CT molecular complexity index is 545. The maximum atomic E-state index is 4.47. The Morgan fingerprint density at radius 2 is 2.16 bits per heavy atom. The molecule has 0 saturated carbocycles. The third-order valence-electron chi connectivity index (χ3n) is 3.15. The molecule has 0 saturated heterocycles. The van der Waals surface area contributed by atoms with Crippen LogP contribution >= 0.6 is 27.3 Å². The van der Waals surface area contributed by atoms with Crippen LogP contribution in [0.1, 0.15) is 48.3 Å². The standard InChI is InChI=1S/C14H20BrN3S/c1-5-10-6-7-12(19-10)13(16-4)14-11(15)8-17-18(14)9(2)3/h6-9,13,16H,5H2,1-4H3. The lowest BCUT2D eigenvalue weighted by molar-refractivity contribution is 0.485. The van der Waals surface area contributed by atoms with E-state index in [1.165, 1.54) is 15.4 Å². The van der Waals surface area contributed by atoms with Crippen molar-refractivity contribution in [1.82, 2.24) is 15.1 Å². The summed E-state index contributed by atoms with van der Waals surface area (Å²) in [7, 11) is 2.00. The molecule has 0 amide bonds. The lowest BCUT2D eigenvalue weighted by Crippen LogP contribution is -2.22. The zero-order valence-corrected chi connectivity index (χ0v) is 14.2. The minimum absolute atomic E-state index is 0.185. The first-order chi connectivity index (χ1) is 9.08. The normalized spacial score (nSPS) is 13.2. The predicted molar refractivity (Wildman–Crippen MR) is 84.9 cm³/mol. The van der Waals surface area contributed by atoms with Crippen LogP contribution in [0.5, 0.6) is 0 Å². The molecule has 3 nitrogen and oxygen atoms in total. The molecule has 0 aliphatic rings. The molecule has 2 aromatic rings. The van der Waals surface area contributed by atoms with Gasteiger partial charge < -0.3 is 5.32 Å². The molecule has 2 aromatic heterocycles. The third kappa shape index (κ3) is 2.93. The lowest BCUT2D eigenvalue weighted by atomic mass is 10.1. The minimum atomic E-state index is 0.185. The van der Waals surface area contributed by atoms with Crippen molar-refractivity contribution in [2.45, 2.75) is 39.3 Å². The maximum absolute atomic E-state index is 4.47. The first kappa shape index (κ1) is 14.8. The smallest absolute Gasteiger partial charge is 0.0851 e. The van der Waals surface area contributed by atoms with Crippen LogP contribution in [0, 0.1) is 0 Å². The molecule has 0 fully saturated rings. The molecule has 1 N–H and O–H groups in total. The van der Waals surface area contributed by atoms with E-state index in [9.17, 15) is 0 Å². The first-order valence-corrected chi connectivity index (χ1v) is 8.18. The molecule has 1 atom stereocenters. The largest absolute Gasteiger partial charge is 0.307 e. The molecule has 2 rings (SSSR count). The van der Waals surface area contributed by atoms with E-state index < -0.39 is 0 Å². The summed E-state index contributed by atoms with van der Waals surface area (Å²) < 4.78 is 3.14. The van der Waals surface area contributed by atoms with Gasteiger partial charge in [0.15, 0.2) is 0 Å². The van der Waals surface area contributed by atoms with Gasteiger partial charge in [0, 0.05) is 15.8 Å². The number of rotatable bonds is 5. The predicted octanol–water partition coefficient (Wildman–Crippen LogP) is 4.16. The fraction of sp³-hybridized carbons (Fsp3) is 0.500. The van der Waals surface area contributed by atoms with E-state index in [1.807, 2.05) is 24.6 Å². The molecule has 0 bridgehead atoms. The van der Waals surface area contributed by atoms with Crippen LogP contribution in [0.3, 0.4) is 0 Å². The molecule has 0 aliphatic heterocycles. The van der Waals surface area contributed by atoms with Crippen LogP contribution in [0.4, 0.5) is 0 Å². The van der Waals surface area contributed by atoms with Crippen molar-refractivity contribution in [2.24, 2.45) is 0 Å². The van der Waals surface area contributed by atoms with E-state index >= 15 is 0 Å². The quantitative estimate of drug-likeness (QED) is 0.884. The van der Waals surface area contributed by atoms with Crippen LogP contribution in [-0.2, 0) is 6.42 Å². The van der Waals surface area contributed by atoms with Gasteiger partial charge in [0.05, 0.1) is 22.4 Å². The Balaban J connectivity index is 2.44. The summed E-state index contributed by atoms with van der Waals surface area (Å²) in [6, 6.07) is 4.97. The van der Waals surface area contributed by atoms with Crippen LogP contribution in [0.25, 0.3) is 0 Å². The summed E-state index contributed by atoms with van der Waals surface area (Å²) in [4.78, 5) is 2.75. The number of hydrogen-bond acceptors (Lipinski definition) is 3. The lowest BCUT2D eigenvalue weighted by Gasteiger charge is -2.19. The Kier molecular flexibility index (Phi) is 4.81. The molecule has 0 aromatic carbocycles. The van der Waals surface area contributed by atoms with Gasteiger partial charge in [0.2, 0.25) is 0 Å². The molecule has 0 spiro atoms. The van der Waals surface area contributed by atoms with Crippen molar-refractivity contribution in [3.8, 4) is 0 Å². The molecule has 104 valence electrons. The van der Waals surface area contributed by atoms with Gasteiger partial charge in [-0.25, -0.2) is 0 Å². The van der Waals surface area contributed by atoms with Gasteiger partial charge in [-0.2, -0.15) is 5.10 Å². The molecule has 0 aliphatic carbocycles. The summed E-state index contributed by atoms with van der Waals surface area (Å²) in [5.41, 5.74) is 1.20. The van der Waals surface area contributed by atoms with Crippen molar-refractivity contribution in [3.63, 3.8) is 0 Å². The zero-order chi connectivity index (χ0) is 14.0. The Morgan fingerprint density at radius 3 is 2.68 bits per heavy atom. The van der Waals surface area contributed by atoms with Crippen molar-refractivity contribution in [1.29, 1.82) is 0 Å². The summed E-state index contributed by atoms with van der Waals surface area (Å²) in [6.45, 7) is 6.50. The van der Waals surface area contributed by atoms with E-state index in [1.54, 1.807) is 0 Å². The monoisotopic (exact) mass is 341 g/mol. The molecule has 2 heterocycles. The highest BCUT2D eigenvalue weighted by Crippen LogP contribution is 2.33. The van der Waals surface area contributed by atoms with Crippen LogP contribution < -0.4 is 5.32 Å². The fourth-order valence-corrected chi connectivity index (χ4v) is 3.75. The fourth-order valence-electron chi connectivity index (χ4n) is 2.19. The van der Waals surface area contributed by atoms with E-state index in [0.717, 1.165) is 10.9 Å². The highest BCUT2D eigenvalue weighted by molar-refractivity contribution is 9.10. The second-order valence-corrected chi connectivity index (χ2v) is 6.85. The summed E-state index contributed by atoms with van der Waals surface area (Å²) in [6.07, 6.45) is 2.97. The second kappa shape index (κ2) is 6.20. The van der Waals surface area contributed by atoms with E-state index in [4.69, 9.17) is 0 Å². The number of aromatic nitrogens is 2. The average molecular weight is 342 g/mol. The van der Waals surface area contributed by atoms with Crippen LogP contribution in [-0.4, -0.2) is 16.8 Å². The van der Waals surface area contributed by atoms with Gasteiger partial charge in [-0.1, -0.05) is 6.92 Å². The van der Waals surface area contributed by atoms with Crippen LogP contribution in [0.15, 0.2) is 22.8 Å². The second-order valence-electron chi connectivity index (χ2n) is 4.80. The Morgan fingerprint density at radius 1 is 1.42 bits per heavy atom. The summed E-state index contributed by atoms with van der Waals surface area (Å²) in [5.74, 6) is 0. The molecular weight excluding hydrogens is 322 g/mol. The van der Waals surface area contributed by atoms with Gasteiger partial charge in [-0.3, -0.25) is 4.68 Å². The molecule has 19 heavy (non-hydrogen) atoms. The van der Waals surface area contributed by atoms with Gasteiger partial charge >= 0.3 is 0 Å². The highest BCUT2D eigenvalue weighted by atomic mass is 79.9. The number of nitrogens with zero attached hydrogens (tertiary/aromatic N) is 2. The van der Waals surface area contributed by atoms with Crippen LogP contribution in [0.2, 0.25) is 0 Å². The summed E-state index contributed by atoms with van der Waals surface area (Å²) >= 11 is 5.50. The van der Waals surface area contributed by atoms with Gasteiger partial charge in [-0.15, -0.1) is 11.3 Å². The molecule has 5 heteroatoms. The third-order valence-corrected chi connectivity index (χ3v) is 5.06. The van der Waals surface area contributed by atoms with E-state index in [2.05, 4.69) is 63.9 Å². The highest BCUT2D eigenvalue weighted by Gasteiger charge is 2.23. The molecule has 0 radical (unpaired) electrons. The van der Waals surface area contributed by atoms with Gasteiger partial charge in [0.1, 0.15) is 0 Å². The average Bonchev–Trinajstić information content (AvgIpc) is 2.99. The maximum Gasteiger partial charge on any atom is 0.0851 e. The van der Waals surface area contributed by atoms with E-state index in [0.29, 0.717) is 6.04 Å². The van der Waals surface area contributed by atoms with Crippen molar-refractivity contribution in [3.05, 3.63) is 38.3 Å². The zero-order valence-electron chi connectivity index (χ0n) is 11.8. The number of thiophene rings is 1. The van der Waals surface area contributed by atoms with Gasteiger partial charge in [0.25, 0.3) is 0 Å². The topological polar surface area (TPSA) is 29.9 Å².